The number of hydrogen-bond acceptors (Lipinski definition) is 6. The van der Waals surface area contributed by atoms with Crippen LogP contribution in [-0.2, 0) is 20.8 Å². The number of carbonyl (C=O) groups excluding carboxylic acids is 1. The normalized spacial score (nSPS) is 23.8. The smallest absolute Gasteiger partial charge is 0.264 e. The summed E-state index contributed by atoms with van der Waals surface area (Å²) in [5.74, 6) is 0.116. The summed E-state index contributed by atoms with van der Waals surface area (Å²) >= 11 is 0. The van der Waals surface area contributed by atoms with Gasteiger partial charge in [-0.3, -0.25) is 13.9 Å². The second-order valence-electron chi connectivity index (χ2n) is 9.67. The van der Waals surface area contributed by atoms with Crippen molar-refractivity contribution in [2.75, 3.05) is 19.4 Å². The Bertz CT molecular complexity index is 1390. The molecule has 2 aliphatic heterocycles. The Labute approximate surface area is 205 Å². The number of carbonyl (C=O) groups is 1. The van der Waals surface area contributed by atoms with E-state index < -0.39 is 22.5 Å². The lowest BCUT2D eigenvalue weighted by molar-refractivity contribution is 0.0617. The van der Waals surface area contributed by atoms with Gasteiger partial charge in [0.2, 0.25) is 0 Å². The van der Waals surface area contributed by atoms with Gasteiger partial charge in [0.1, 0.15) is 12.4 Å². The van der Waals surface area contributed by atoms with Gasteiger partial charge >= 0.3 is 0 Å². The van der Waals surface area contributed by atoms with Gasteiger partial charge in [-0.15, -0.1) is 0 Å². The Morgan fingerprint density at radius 3 is 2.71 bits per heavy atom. The predicted molar refractivity (Wildman–Crippen MR) is 135 cm³/mol. The van der Waals surface area contributed by atoms with E-state index in [9.17, 15) is 18.3 Å². The van der Waals surface area contributed by atoms with Crippen LogP contribution < -0.4 is 0 Å². The van der Waals surface area contributed by atoms with E-state index in [0.717, 1.165) is 43.4 Å². The van der Waals surface area contributed by atoms with E-state index in [1.165, 1.54) is 11.1 Å². The number of aromatic amines is 1. The van der Waals surface area contributed by atoms with E-state index in [1.807, 2.05) is 18.2 Å². The summed E-state index contributed by atoms with van der Waals surface area (Å²) in [5.41, 5.74) is 4.54. The maximum Gasteiger partial charge on any atom is 0.264 e. The molecule has 0 spiro atoms. The van der Waals surface area contributed by atoms with Crippen molar-refractivity contribution in [3.05, 3.63) is 77.0 Å². The number of piperidine rings is 2. The quantitative estimate of drug-likeness (QED) is 0.288. The van der Waals surface area contributed by atoms with Crippen molar-refractivity contribution in [3.63, 3.8) is 0 Å². The molecule has 3 aromatic rings. The monoisotopic (exact) mass is 494 g/mol. The topological polar surface area (TPSA) is 99.7 Å². The molecule has 2 N–H and O–H groups in total. The van der Waals surface area contributed by atoms with E-state index in [1.54, 1.807) is 18.2 Å². The van der Waals surface area contributed by atoms with Gasteiger partial charge in [-0.2, -0.15) is 8.42 Å². The molecule has 2 saturated heterocycles. The first-order valence-corrected chi connectivity index (χ1v) is 13.7. The molecule has 1 saturated carbocycles. The summed E-state index contributed by atoms with van der Waals surface area (Å²) in [6, 6.07) is 15.4. The first-order chi connectivity index (χ1) is 16.7. The molecule has 7 nitrogen and oxygen atoms in total. The van der Waals surface area contributed by atoms with Crippen molar-refractivity contribution in [1.29, 1.82) is 0 Å². The van der Waals surface area contributed by atoms with Crippen LogP contribution in [0.1, 0.15) is 47.3 Å². The number of ketones is 1. The Kier molecular flexibility index (Phi) is 6.29. The number of H-pyrrole nitrogens is 1. The fraction of sp³-hybridized carbons (Fsp3) is 0.370. The minimum absolute atomic E-state index is 0.0316. The van der Waals surface area contributed by atoms with Crippen molar-refractivity contribution >= 4 is 26.8 Å². The summed E-state index contributed by atoms with van der Waals surface area (Å²) in [7, 11) is -3.77. The van der Waals surface area contributed by atoms with Gasteiger partial charge in [0.05, 0.1) is 6.26 Å². The highest BCUT2D eigenvalue weighted by atomic mass is 32.2. The number of phenols is 1. The van der Waals surface area contributed by atoms with E-state index in [-0.39, 0.29) is 17.7 Å². The van der Waals surface area contributed by atoms with E-state index >= 15 is 0 Å². The zero-order valence-corrected chi connectivity index (χ0v) is 20.7. The second kappa shape index (κ2) is 9.26. The second-order valence-corrected chi connectivity index (χ2v) is 11.3. The summed E-state index contributed by atoms with van der Waals surface area (Å²) in [5, 5.41) is 10.7. The number of allylic oxidation sites excluding steroid dienone is 1. The molecule has 1 aromatic heterocycles. The van der Waals surface area contributed by atoms with Crippen molar-refractivity contribution in [3.8, 4) is 5.75 Å². The number of nitrogens with one attached hydrogen (secondary N) is 1. The lowest BCUT2D eigenvalue weighted by Gasteiger charge is -2.51. The number of benzene rings is 2. The molecule has 3 unspecified atom stereocenters. The maximum absolute atomic E-state index is 13.4. The van der Waals surface area contributed by atoms with Crippen molar-refractivity contribution in [2.45, 2.75) is 38.3 Å². The van der Waals surface area contributed by atoms with Gasteiger partial charge in [-0.1, -0.05) is 42.0 Å². The first-order valence-electron chi connectivity index (χ1n) is 11.9. The summed E-state index contributed by atoms with van der Waals surface area (Å²) in [6.45, 7) is 3.31. The van der Waals surface area contributed by atoms with Crippen LogP contribution in [0.25, 0.3) is 10.9 Å². The zero-order valence-electron chi connectivity index (χ0n) is 19.9. The molecule has 1 aliphatic carbocycles. The molecule has 0 amide bonds. The average molecular weight is 495 g/mol. The SMILES string of the molecule is CC=C1CC2CC(c3[nH]c4ccc(O)cc4c3C(=O)COS(C)(=O)=O)C1N(Cc1ccccc1)C2. The first kappa shape index (κ1) is 23.8. The van der Waals surface area contributed by atoms with E-state index in [2.05, 4.69) is 35.0 Å². The molecule has 3 fully saturated rings. The largest absolute Gasteiger partial charge is 0.508 e. The maximum atomic E-state index is 13.4. The van der Waals surface area contributed by atoms with Crippen molar-refractivity contribution in [1.82, 2.24) is 9.88 Å². The molecule has 3 atom stereocenters. The van der Waals surface area contributed by atoms with Gasteiger partial charge in [-0.25, -0.2) is 0 Å². The van der Waals surface area contributed by atoms with Gasteiger partial charge in [0.15, 0.2) is 5.78 Å². The van der Waals surface area contributed by atoms with Gasteiger partial charge in [0, 0.05) is 47.2 Å². The molecule has 184 valence electrons. The third kappa shape index (κ3) is 4.78. The highest BCUT2D eigenvalue weighted by molar-refractivity contribution is 7.86. The Morgan fingerprint density at radius 1 is 1.23 bits per heavy atom. The highest BCUT2D eigenvalue weighted by Crippen LogP contribution is 2.49. The third-order valence-corrected chi connectivity index (χ3v) is 7.77. The van der Waals surface area contributed by atoms with Crippen LogP contribution in [0.5, 0.6) is 5.75 Å². The minimum Gasteiger partial charge on any atom is -0.508 e. The number of rotatable bonds is 7. The van der Waals surface area contributed by atoms with Gasteiger partial charge in [0.25, 0.3) is 10.1 Å². The van der Waals surface area contributed by atoms with Crippen molar-refractivity contribution in [2.24, 2.45) is 5.92 Å². The minimum atomic E-state index is -3.77. The van der Waals surface area contributed by atoms with Crippen LogP contribution in [-0.4, -0.2) is 54.6 Å². The lowest BCUT2D eigenvalue weighted by Crippen LogP contribution is -2.53. The van der Waals surface area contributed by atoms with Gasteiger partial charge in [-0.05, 0) is 49.4 Å². The van der Waals surface area contributed by atoms with Crippen LogP contribution in [0.15, 0.2) is 60.2 Å². The van der Waals surface area contributed by atoms with Crippen molar-refractivity contribution < 1.29 is 22.5 Å². The molecule has 6 rings (SSSR count). The lowest BCUT2D eigenvalue weighted by atomic mass is 9.68. The summed E-state index contributed by atoms with van der Waals surface area (Å²) in [6.07, 6.45) is 5.11. The van der Waals surface area contributed by atoms with Crippen LogP contribution >= 0.6 is 0 Å². The molecule has 8 heteroatoms. The van der Waals surface area contributed by atoms with E-state index in [4.69, 9.17) is 4.18 Å². The number of Topliss-reactive ketones (excluding diaryl/α,β-unsaturated/α-hetero) is 1. The number of fused-ring (bicyclic) bond motifs is 4. The van der Waals surface area contributed by atoms with Crippen LogP contribution in [0.3, 0.4) is 0 Å². The molecule has 3 heterocycles. The summed E-state index contributed by atoms with van der Waals surface area (Å²) < 4.78 is 28.0. The fourth-order valence-electron chi connectivity index (χ4n) is 5.91. The van der Waals surface area contributed by atoms with E-state index in [0.29, 0.717) is 16.9 Å². The number of aromatic hydroxyl groups is 1. The van der Waals surface area contributed by atoms with Gasteiger partial charge < -0.3 is 10.1 Å². The Balaban J connectivity index is 1.58. The Hall–Kier alpha value is -2.94. The molecule has 0 radical (unpaired) electrons. The number of phenolic OH excluding ortho intramolecular Hbond substituents is 1. The summed E-state index contributed by atoms with van der Waals surface area (Å²) in [4.78, 5) is 19.3. The number of nitrogens with zero attached hydrogens (tertiary/aromatic N) is 1. The Morgan fingerprint density at radius 2 is 2.00 bits per heavy atom. The molecule has 2 bridgehead atoms. The molecular weight excluding hydrogens is 464 g/mol. The predicted octanol–water partition coefficient (Wildman–Crippen LogP) is 4.36. The molecule has 3 aliphatic rings. The van der Waals surface area contributed by atoms with Crippen LogP contribution in [0.4, 0.5) is 0 Å². The van der Waals surface area contributed by atoms with Crippen LogP contribution in [0, 0.1) is 5.92 Å². The number of aromatic nitrogens is 1. The third-order valence-electron chi connectivity index (χ3n) is 7.22. The standard InChI is InChI=1S/C27H30N2O5S/c1-3-19-11-18-12-22(27(19)29(15-18)14-17-7-5-4-6-8-17)26-25(24(31)16-34-35(2,32)33)21-13-20(30)9-10-23(21)28-26/h3-10,13,18,22,27-28,30H,11-12,14-16H2,1-2H3. The average Bonchev–Trinajstić information content (AvgIpc) is 3.21. The number of hydrogen-bond donors (Lipinski definition) is 2. The highest BCUT2D eigenvalue weighted by Gasteiger charge is 2.45. The molecule has 35 heavy (non-hydrogen) atoms. The van der Waals surface area contributed by atoms with Crippen LogP contribution in [0.2, 0.25) is 0 Å². The zero-order chi connectivity index (χ0) is 24.7. The fourth-order valence-corrected chi connectivity index (χ4v) is 6.24. The molecule has 2 aromatic carbocycles. The molecular formula is C27H30N2O5S.